The van der Waals surface area contributed by atoms with Crippen LogP contribution in [0.5, 0.6) is 5.75 Å². The van der Waals surface area contributed by atoms with Crippen LogP contribution in [0.1, 0.15) is 32.6 Å². The van der Waals surface area contributed by atoms with E-state index in [1.165, 1.54) is 17.0 Å². The van der Waals surface area contributed by atoms with Gasteiger partial charge in [0.25, 0.3) is 5.91 Å². The van der Waals surface area contributed by atoms with E-state index in [0.29, 0.717) is 12.3 Å². The number of nitrogens with one attached hydrogen (secondary N) is 1. The fourth-order valence-electron chi connectivity index (χ4n) is 4.22. The molecule has 2 heterocycles. The maximum atomic E-state index is 13.1. The van der Waals surface area contributed by atoms with E-state index in [-0.39, 0.29) is 30.1 Å². The molecule has 2 aromatic carbocycles. The standard InChI is InChI=1S/C24H28FN3O3/c1-2-15-31-21-9-7-20(8-10-21)28-23(29)16-22(24(28)30)27-13-11-19(12-14-27)26-18-5-3-17(25)4-6-18/h3-10,19,22,26H,2,11-16H2,1H3/t22-/m1/s1. The van der Waals surface area contributed by atoms with Gasteiger partial charge in [0.05, 0.1) is 24.8 Å². The first-order chi connectivity index (χ1) is 15.0. The molecule has 2 amide bonds. The summed E-state index contributed by atoms with van der Waals surface area (Å²) in [6.45, 7) is 4.15. The Morgan fingerprint density at radius 3 is 2.35 bits per heavy atom. The smallest absolute Gasteiger partial charge is 0.251 e. The second-order valence-electron chi connectivity index (χ2n) is 8.09. The van der Waals surface area contributed by atoms with Crippen LogP contribution in [0.25, 0.3) is 0 Å². The van der Waals surface area contributed by atoms with Gasteiger partial charge in [0.15, 0.2) is 0 Å². The number of piperidine rings is 1. The van der Waals surface area contributed by atoms with Gasteiger partial charge in [0.1, 0.15) is 11.6 Å². The summed E-state index contributed by atoms with van der Waals surface area (Å²) in [5, 5.41) is 3.43. The number of imide groups is 1. The Balaban J connectivity index is 1.34. The molecule has 164 valence electrons. The monoisotopic (exact) mass is 425 g/mol. The predicted molar refractivity (Wildman–Crippen MR) is 118 cm³/mol. The molecule has 2 aromatic rings. The Kier molecular flexibility index (Phi) is 6.51. The summed E-state index contributed by atoms with van der Waals surface area (Å²) in [6.07, 6.45) is 2.85. The Morgan fingerprint density at radius 2 is 1.71 bits per heavy atom. The Morgan fingerprint density at radius 1 is 1.03 bits per heavy atom. The first-order valence-electron chi connectivity index (χ1n) is 10.9. The maximum Gasteiger partial charge on any atom is 0.251 e. The van der Waals surface area contributed by atoms with Gasteiger partial charge in [-0.2, -0.15) is 0 Å². The number of halogens is 1. The van der Waals surface area contributed by atoms with Crippen molar-refractivity contribution >= 4 is 23.2 Å². The number of anilines is 2. The number of hydrogen-bond acceptors (Lipinski definition) is 5. The number of amides is 2. The summed E-state index contributed by atoms with van der Waals surface area (Å²) in [5.41, 5.74) is 1.48. The molecule has 2 aliphatic rings. The normalized spacial score (nSPS) is 20.3. The van der Waals surface area contributed by atoms with Crippen molar-refractivity contribution in [2.45, 2.75) is 44.7 Å². The molecular formula is C24H28FN3O3. The summed E-state index contributed by atoms with van der Waals surface area (Å²) in [5.74, 6) is 0.162. The van der Waals surface area contributed by atoms with E-state index in [0.717, 1.165) is 43.8 Å². The van der Waals surface area contributed by atoms with Crippen molar-refractivity contribution in [3.05, 3.63) is 54.3 Å². The fraction of sp³-hybridized carbons (Fsp3) is 0.417. The molecule has 1 N–H and O–H groups in total. The number of nitrogens with zero attached hydrogens (tertiary/aromatic N) is 2. The molecule has 0 spiro atoms. The largest absolute Gasteiger partial charge is 0.494 e. The zero-order chi connectivity index (χ0) is 21.8. The number of rotatable bonds is 7. The lowest BCUT2D eigenvalue weighted by Crippen LogP contribution is -2.48. The van der Waals surface area contributed by atoms with Gasteiger partial charge in [-0.1, -0.05) is 6.92 Å². The Bertz CT molecular complexity index is 909. The molecule has 0 radical (unpaired) electrons. The Labute approximate surface area is 182 Å². The van der Waals surface area contributed by atoms with Crippen LogP contribution in [0.15, 0.2) is 48.5 Å². The second kappa shape index (κ2) is 9.47. The van der Waals surface area contributed by atoms with Crippen molar-refractivity contribution in [3.8, 4) is 5.75 Å². The van der Waals surface area contributed by atoms with Gasteiger partial charge >= 0.3 is 0 Å². The van der Waals surface area contributed by atoms with Gasteiger partial charge in [-0.25, -0.2) is 9.29 Å². The number of hydrogen-bond donors (Lipinski definition) is 1. The van der Waals surface area contributed by atoms with Gasteiger partial charge in [0.2, 0.25) is 5.91 Å². The van der Waals surface area contributed by atoms with Crippen LogP contribution in [-0.2, 0) is 9.59 Å². The van der Waals surface area contributed by atoms with E-state index in [1.54, 1.807) is 36.4 Å². The minimum atomic E-state index is -0.407. The summed E-state index contributed by atoms with van der Waals surface area (Å²) in [7, 11) is 0. The average molecular weight is 426 g/mol. The molecule has 2 aliphatic heterocycles. The second-order valence-corrected chi connectivity index (χ2v) is 8.09. The van der Waals surface area contributed by atoms with Gasteiger partial charge in [-0.05, 0) is 67.8 Å². The van der Waals surface area contributed by atoms with Crippen molar-refractivity contribution < 1.29 is 18.7 Å². The molecule has 7 heteroatoms. The maximum absolute atomic E-state index is 13.1. The minimum absolute atomic E-state index is 0.155. The zero-order valence-corrected chi connectivity index (χ0v) is 17.7. The summed E-state index contributed by atoms with van der Waals surface area (Å²) in [6, 6.07) is 13.3. The van der Waals surface area contributed by atoms with E-state index >= 15 is 0 Å². The first kappa shape index (κ1) is 21.3. The van der Waals surface area contributed by atoms with Gasteiger partial charge in [-0.15, -0.1) is 0 Å². The fourth-order valence-corrected chi connectivity index (χ4v) is 4.22. The number of carbonyl (C=O) groups is 2. The van der Waals surface area contributed by atoms with Crippen LogP contribution in [0.4, 0.5) is 15.8 Å². The van der Waals surface area contributed by atoms with Crippen molar-refractivity contribution in [2.75, 3.05) is 29.9 Å². The highest BCUT2D eigenvalue weighted by Gasteiger charge is 2.43. The lowest BCUT2D eigenvalue weighted by molar-refractivity contribution is -0.123. The molecule has 6 nitrogen and oxygen atoms in total. The molecular weight excluding hydrogens is 397 g/mol. The highest BCUT2D eigenvalue weighted by atomic mass is 19.1. The number of ether oxygens (including phenoxy) is 1. The lowest BCUT2D eigenvalue weighted by Gasteiger charge is -2.35. The molecule has 0 aromatic heterocycles. The predicted octanol–water partition coefficient (Wildman–Crippen LogP) is 3.82. The molecule has 2 saturated heterocycles. The van der Waals surface area contributed by atoms with Crippen molar-refractivity contribution in [2.24, 2.45) is 0 Å². The Hall–Kier alpha value is -2.93. The van der Waals surface area contributed by atoms with E-state index in [4.69, 9.17) is 4.74 Å². The molecule has 2 fully saturated rings. The molecule has 0 unspecified atom stereocenters. The topological polar surface area (TPSA) is 61.9 Å². The number of carbonyl (C=O) groups excluding carboxylic acids is 2. The summed E-state index contributed by atoms with van der Waals surface area (Å²) < 4.78 is 18.7. The average Bonchev–Trinajstić information content (AvgIpc) is 3.09. The van der Waals surface area contributed by atoms with E-state index in [2.05, 4.69) is 10.2 Å². The van der Waals surface area contributed by atoms with Gasteiger partial charge in [0, 0.05) is 24.8 Å². The van der Waals surface area contributed by atoms with Crippen molar-refractivity contribution in [1.82, 2.24) is 4.90 Å². The van der Waals surface area contributed by atoms with E-state index < -0.39 is 6.04 Å². The molecule has 0 bridgehead atoms. The SMILES string of the molecule is CCCOc1ccc(N2C(=O)C[C@@H](N3CCC(Nc4ccc(F)cc4)CC3)C2=O)cc1. The van der Waals surface area contributed by atoms with Crippen LogP contribution in [0.3, 0.4) is 0 Å². The third-order valence-electron chi connectivity index (χ3n) is 5.88. The van der Waals surface area contributed by atoms with Crippen LogP contribution in [-0.4, -0.2) is 48.5 Å². The first-order valence-corrected chi connectivity index (χ1v) is 10.9. The zero-order valence-electron chi connectivity index (χ0n) is 17.7. The molecule has 0 aliphatic carbocycles. The van der Waals surface area contributed by atoms with Crippen molar-refractivity contribution in [1.29, 1.82) is 0 Å². The molecule has 31 heavy (non-hydrogen) atoms. The van der Waals surface area contributed by atoms with Gasteiger partial charge < -0.3 is 10.1 Å². The highest BCUT2D eigenvalue weighted by Crippen LogP contribution is 2.29. The van der Waals surface area contributed by atoms with E-state index in [9.17, 15) is 14.0 Å². The molecule has 1 atom stereocenters. The van der Waals surface area contributed by atoms with Crippen LogP contribution in [0, 0.1) is 5.82 Å². The number of benzene rings is 2. The van der Waals surface area contributed by atoms with Gasteiger partial charge in [-0.3, -0.25) is 14.5 Å². The third-order valence-corrected chi connectivity index (χ3v) is 5.88. The van der Waals surface area contributed by atoms with Crippen LogP contribution in [0.2, 0.25) is 0 Å². The van der Waals surface area contributed by atoms with Crippen molar-refractivity contribution in [3.63, 3.8) is 0 Å². The summed E-state index contributed by atoms with van der Waals surface area (Å²) >= 11 is 0. The highest BCUT2D eigenvalue weighted by molar-refractivity contribution is 6.22. The summed E-state index contributed by atoms with van der Waals surface area (Å²) in [4.78, 5) is 29.1. The molecule has 4 rings (SSSR count). The van der Waals surface area contributed by atoms with E-state index in [1.807, 2.05) is 6.92 Å². The number of likely N-dealkylation sites (tertiary alicyclic amines) is 1. The van der Waals surface area contributed by atoms with Crippen LogP contribution < -0.4 is 15.0 Å². The third kappa shape index (κ3) is 4.88. The molecule has 0 saturated carbocycles. The minimum Gasteiger partial charge on any atom is -0.494 e. The van der Waals surface area contributed by atoms with Crippen LogP contribution >= 0.6 is 0 Å². The quantitative estimate of drug-likeness (QED) is 0.684. The lowest BCUT2D eigenvalue weighted by atomic mass is 10.0.